The van der Waals surface area contributed by atoms with Gasteiger partial charge in [0.2, 0.25) is 5.91 Å². The van der Waals surface area contributed by atoms with Gasteiger partial charge in [-0.2, -0.15) is 15.3 Å². The molecule has 11 aromatic rings. The topological polar surface area (TPSA) is 492 Å². The Balaban J connectivity index is 0.000000357. The van der Waals surface area contributed by atoms with Gasteiger partial charge in [0, 0.05) is 0 Å². The smallest absolute Gasteiger partial charge is 0.327 e. The molecule has 0 aliphatic rings. The Morgan fingerprint density at radius 3 is 0.955 bits per heavy atom. The zero-order valence-electron chi connectivity index (χ0n) is 74.9. The number of carboxylic acids is 1. The van der Waals surface area contributed by atoms with E-state index in [1.165, 1.54) is 64.3 Å². The number of hydrazine groups is 1. The van der Waals surface area contributed by atoms with Crippen LogP contribution in [0, 0.1) is 52.4 Å². The number of carboxylic acid groups (broad SMARTS) is 1. The van der Waals surface area contributed by atoms with Crippen LogP contribution in [-0.2, 0) is 53.1 Å². The predicted molar refractivity (Wildman–Crippen MR) is 521 cm³/mol. The fraction of sp³-hybridized carbons (Fsp3) is 0.178. The monoisotopic (exact) mass is 1830 g/mol. The van der Waals surface area contributed by atoms with Crippen molar-refractivity contribution in [1.29, 1.82) is 0 Å². The van der Waals surface area contributed by atoms with Gasteiger partial charge in [-0.3, -0.25) is 54.1 Å². The van der Waals surface area contributed by atoms with Crippen LogP contribution < -0.4 is 41.3 Å². The molecular formula is C101H109ClN10O21. The molecule has 1 amide bonds. The van der Waals surface area contributed by atoms with Crippen molar-refractivity contribution in [3.63, 3.8) is 0 Å². The molecule has 133 heavy (non-hydrogen) atoms. The summed E-state index contributed by atoms with van der Waals surface area (Å²) < 4.78 is 30.0. The van der Waals surface area contributed by atoms with Gasteiger partial charge in [0.1, 0.15) is 48.4 Å². The summed E-state index contributed by atoms with van der Waals surface area (Å²) in [6.45, 7) is 11.2. The van der Waals surface area contributed by atoms with E-state index >= 15 is 0 Å². The number of carbonyl (C=O) groups excluding carboxylic acids is 5. The molecule has 8 aromatic carbocycles. The highest BCUT2D eigenvalue weighted by atomic mass is 35.5. The minimum atomic E-state index is -0.997. The fourth-order valence-corrected chi connectivity index (χ4v) is 11.4. The largest absolute Gasteiger partial charge is 0.508 e. The van der Waals surface area contributed by atoms with Gasteiger partial charge >= 0.3 is 11.9 Å². The molecule has 32 heteroatoms. The number of phenols is 8. The first-order valence-corrected chi connectivity index (χ1v) is 40.3. The maximum Gasteiger partial charge on any atom is 0.327 e. The van der Waals surface area contributed by atoms with E-state index in [1.807, 2.05) is 118 Å². The number of benzene rings is 8. The molecule has 0 bridgehead atoms. The van der Waals surface area contributed by atoms with E-state index in [1.54, 1.807) is 163 Å². The first kappa shape index (κ1) is 109. The number of terminal acetylenes is 2. The Labute approximate surface area is 776 Å². The first-order valence-electron chi connectivity index (χ1n) is 40.3. The van der Waals surface area contributed by atoms with Crippen LogP contribution in [0.3, 0.4) is 0 Å². The number of aromatic hydroxyl groups is 8. The van der Waals surface area contributed by atoms with E-state index in [0.717, 1.165) is 55.6 Å². The minimum Gasteiger partial charge on any atom is -0.508 e. The quantitative estimate of drug-likeness (QED) is 0.00465. The van der Waals surface area contributed by atoms with Crippen molar-refractivity contribution >= 4 is 133 Å². The van der Waals surface area contributed by atoms with Crippen molar-refractivity contribution in [2.75, 3.05) is 54.7 Å². The van der Waals surface area contributed by atoms with E-state index in [9.17, 15) is 74.7 Å². The number of carbonyl (C=O) groups is 6. The van der Waals surface area contributed by atoms with Crippen molar-refractivity contribution in [2.45, 2.75) is 67.6 Å². The number of methoxy groups -OCH3 is 4. The number of aliphatic carboxylic acids is 1. The number of hydrogen-bond donors (Lipinski definition) is 13. The maximum absolute atomic E-state index is 12.2. The van der Waals surface area contributed by atoms with Gasteiger partial charge in [0.25, 0.3) is 0 Å². The molecule has 0 saturated heterocycles. The number of amides is 1. The van der Waals surface area contributed by atoms with E-state index in [2.05, 4.69) is 44.3 Å². The van der Waals surface area contributed by atoms with E-state index in [-0.39, 0.29) is 132 Å². The van der Waals surface area contributed by atoms with Crippen LogP contribution in [0.1, 0.15) is 121 Å². The number of nitrogens with two attached hydrogens (primary N) is 2. The summed E-state index contributed by atoms with van der Waals surface area (Å²) in [6, 6.07) is 46.1. The summed E-state index contributed by atoms with van der Waals surface area (Å²) in [5.41, 5.74) is 20.6. The van der Waals surface area contributed by atoms with Gasteiger partial charge in [-0.1, -0.05) is 109 Å². The number of esters is 1. The van der Waals surface area contributed by atoms with Crippen molar-refractivity contribution in [2.24, 2.45) is 11.6 Å². The van der Waals surface area contributed by atoms with Gasteiger partial charge in [-0.25, -0.2) is 0 Å². The molecule has 3 aromatic heterocycles. The lowest BCUT2D eigenvalue weighted by Crippen LogP contribution is -2.28. The van der Waals surface area contributed by atoms with E-state index in [0.29, 0.717) is 81.4 Å². The highest BCUT2D eigenvalue weighted by molar-refractivity contribution is 6.11. The van der Waals surface area contributed by atoms with Crippen LogP contribution in [-0.4, -0.2) is 171 Å². The number of allylic oxidation sites excluding steroid dienone is 2. The molecule has 3 heterocycles. The van der Waals surface area contributed by atoms with Crippen LogP contribution in [0.2, 0.25) is 0 Å². The number of Topliss-reactive ketones (excluding diaryl/α,β-unsaturated/α-hetero) is 1. The Morgan fingerprint density at radius 1 is 0.414 bits per heavy atom. The van der Waals surface area contributed by atoms with Gasteiger partial charge in [-0.05, 0) is 272 Å². The number of halogens is 1. The van der Waals surface area contributed by atoms with Crippen LogP contribution in [0.15, 0.2) is 176 Å². The van der Waals surface area contributed by atoms with Crippen molar-refractivity contribution in [1.82, 2.24) is 40.1 Å². The molecule has 0 aliphatic carbocycles. The van der Waals surface area contributed by atoms with Gasteiger partial charge < -0.3 is 86.2 Å². The van der Waals surface area contributed by atoms with Gasteiger partial charge in [0.15, 0.2) is 57.6 Å². The number of aromatic nitrogens is 6. The van der Waals surface area contributed by atoms with Crippen LogP contribution >= 0.6 is 12.4 Å². The molecule has 0 saturated carbocycles. The van der Waals surface area contributed by atoms with E-state index in [4.69, 9.17) is 41.7 Å². The lowest BCUT2D eigenvalue weighted by molar-refractivity contribution is -0.144. The average molecular weight is 1830 g/mol. The molecule has 0 radical (unpaired) electrons. The number of nitrogens with zero attached hydrogens (tertiary/aromatic N) is 6. The second-order valence-electron chi connectivity index (χ2n) is 28.3. The summed E-state index contributed by atoms with van der Waals surface area (Å²) in [6.07, 6.45) is 37.4. The minimum absolute atomic E-state index is 0. The van der Waals surface area contributed by atoms with Crippen molar-refractivity contribution < 1.29 is 104 Å². The third-order valence-electron chi connectivity index (χ3n) is 18.2. The summed E-state index contributed by atoms with van der Waals surface area (Å²) >= 11 is 0. The van der Waals surface area contributed by atoms with Crippen molar-refractivity contribution in [3.05, 3.63) is 277 Å². The number of hydrogen-bond acceptors (Lipinski definition) is 25. The zero-order valence-corrected chi connectivity index (χ0v) is 75.7. The third-order valence-corrected chi connectivity index (χ3v) is 18.2. The first-order chi connectivity index (χ1) is 62.7. The Kier molecular flexibility index (Phi) is 46.4. The normalized spacial score (nSPS) is 10.8. The Hall–Kier alpha value is -16.4. The fourth-order valence-electron chi connectivity index (χ4n) is 11.4. The SMILES string of the molecule is C#CCN.C#CCNC(=O)Cn1nc(/C=C/c2ccc(O)c(C)c2)cc1/C=C/c1ccc(O)c(OC)c1.CC(=O)CNN.CCOC(=O)Cn1nc(/C=C/c2ccc(O)c(C)c2)cc1/C=C/c1ccc(O)c(OC)c1.COc1cc(/C=C/C(=O)CC(=O)/C=C/c2ccc(O)c(C)c2)ccc1O.COc1cc(/C=C/c2cc(/C=C/c3ccc(O)c(C)c3)nn2CC(=O)O)ccc1O.Cl.O. The third kappa shape index (κ3) is 37.8. The molecule has 0 aliphatic heterocycles. The van der Waals surface area contributed by atoms with Crippen molar-refractivity contribution in [3.8, 4) is 93.7 Å². The molecule has 0 spiro atoms. The molecule has 696 valence electrons. The summed E-state index contributed by atoms with van der Waals surface area (Å²) in [4.78, 5) is 69.1. The predicted octanol–water partition coefficient (Wildman–Crippen LogP) is 14.1. The number of aryl methyl sites for hydroxylation is 4. The number of ether oxygens (including phenoxy) is 5. The number of phenolic OH excluding ortho intramolecular Hbond substituents is 8. The molecule has 0 unspecified atom stereocenters. The molecule has 17 N–H and O–H groups in total. The molecule has 0 fully saturated rings. The Morgan fingerprint density at radius 2 is 0.692 bits per heavy atom. The number of ketones is 3. The summed E-state index contributed by atoms with van der Waals surface area (Å²) in [7, 11) is 5.89. The second-order valence-corrected chi connectivity index (χ2v) is 28.3. The molecule has 31 nitrogen and oxygen atoms in total. The second kappa shape index (κ2) is 56.7. The highest BCUT2D eigenvalue weighted by Gasteiger charge is 2.15. The lowest BCUT2D eigenvalue weighted by atomic mass is 10.1. The van der Waals surface area contributed by atoms with Crippen LogP contribution in [0.4, 0.5) is 0 Å². The summed E-state index contributed by atoms with van der Waals surface area (Å²) in [5, 5.41) is 102. The molecule has 0 atom stereocenters. The van der Waals surface area contributed by atoms with Gasteiger partial charge in [-0.15, -0.1) is 25.3 Å². The molecule has 11 rings (SSSR count). The lowest BCUT2D eigenvalue weighted by Gasteiger charge is -2.05. The Bertz CT molecular complexity index is 6140. The standard InChI is InChI=1S/C26H25N3O4.C25H26N2O5.C23H22N2O5.C21H20O5.C3H8N2O.C3H5N.ClH.H2O/c1-4-13-27-26(32)17-29-22(10-6-20-8-12-24(31)25(15-20)33-3)16-21(28-29)9-5-19-7-11-23(30)18(2)14-19;1-4-32-25(30)16-27-21(10-6-19-8-12-23(29)24(14-19)31-3)15-20(26-27)9-5-18-7-11-22(28)17(2)13-18;1-15-11-16(5-9-20(15)26)3-7-18-13-19(25(24-18)14-23(28)29)8-4-17-6-10-21(27)22(12-17)30-2;1-14-11-15(5-9-19(14)24)3-7-17(22)13-18(23)8-4-16-6-10-20(25)21(12-16)26-2;1-3(6)2-5-4;1-2-3-4;;/h1,5-12,14-16,30-31H,13,17H2,2-3H3,(H,27,32);5-15,28-29H,4,16H2,1-3H3;3-13,26-27H,14H2,1-2H3,(H,28,29);3-12,24-25H,13H2,1-2H3;5H,2,4H2,1H3;1H,3-4H2;1H;1H2/b2*9-5+,10-6+;2*7-3+,8-4+;;;;. The van der Waals surface area contributed by atoms with Crippen LogP contribution in [0.5, 0.6) is 69.0 Å². The zero-order chi connectivity index (χ0) is 96.1. The number of rotatable bonds is 32. The maximum atomic E-state index is 12.2. The summed E-state index contributed by atoms with van der Waals surface area (Å²) in [5.74, 6) is 9.64. The number of nitrogens with one attached hydrogen (secondary N) is 2. The van der Waals surface area contributed by atoms with Crippen LogP contribution in [0.25, 0.3) is 85.1 Å². The van der Waals surface area contributed by atoms with E-state index < -0.39 is 5.97 Å². The highest BCUT2D eigenvalue weighted by Crippen LogP contribution is 2.32. The molecular weight excluding hydrogens is 1720 g/mol. The van der Waals surface area contributed by atoms with Gasteiger partial charge in [0.05, 0.1) is 95.3 Å². The average Bonchev–Trinajstić information content (AvgIpc) is 1.71.